The summed E-state index contributed by atoms with van der Waals surface area (Å²) in [4.78, 5) is 37.7. The first-order valence-electron chi connectivity index (χ1n) is 5.16. The maximum absolute atomic E-state index is 11.5. The zero-order chi connectivity index (χ0) is 14.0. The van der Waals surface area contributed by atoms with Gasteiger partial charge in [-0.05, 0) is 6.08 Å². The first-order valence-corrected chi connectivity index (χ1v) is 6.88. The van der Waals surface area contributed by atoms with Crippen LogP contribution in [0.5, 0.6) is 0 Å². The molecular weight excluding hydrogens is 276 g/mol. The molecule has 19 heavy (non-hydrogen) atoms. The minimum Gasteiger partial charge on any atom is -0.331 e. The van der Waals surface area contributed by atoms with Crippen LogP contribution in [-0.4, -0.2) is 36.2 Å². The Morgan fingerprint density at radius 3 is 2.68 bits per heavy atom. The molecule has 9 nitrogen and oxygen atoms in total. The molecule has 1 aliphatic heterocycles. The molecule has 2 heterocycles. The predicted octanol–water partition coefficient (Wildman–Crippen LogP) is -1.50. The molecule has 0 fully saturated rings. The third-order valence-electron chi connectivity index (χ3n) is 2.31. The van der Waals surface area contributed by atoms with Crippen LogP contribution in [0.4, 0.5) is 10.5 Å². The van der Waals surface area contributed by atoms with Crippen molar-refractivity contribution in [1.29, 1.82) is 0 Å². The van der Waals surface area contributed by atoms with Crippen LogP contribution >= 0.6 is 0 Å². The number of nitrogens with one attached hydrogen (secondary N) is 4. The van der Waals surface area contributed by atoms with E-state index < -0.39 is 33.2 Å². The topological polar surface area (TPSA) is 141 Å². The molecule has 102 valence electrons. The molecule has 0 saturated carbocycles. The summed E-state index contributed by atoms with van der Waals surface area (Å²) in [7, 11) is -3.27. The molecule has 1 aromatic rings. The number of aromatic nitrogens is 2. The Balaban J connectivity index is 2.01. The van der Waals surface area contributed by atoms with Crippen LogP contribution < -0.4 is 21.9 Å². The number of rotatable bonds is 2. The van der Waals surface area contributed by atoms with Crippen molar-refractivity contribution in [2.45, 2.75) is 6.04 Å². The van der Waals surface area contributed by atoms with Crippen molar-refractivity contribution >= 4 is 21.6 Å². The van der Waals surface area contributed by atoms with Crippen LogP contribution in [0.1, 0.15) is 0 Å². The highest BCUT2D eigenvalue weighted by atomic mass is 32.2. The summed E-state index contributed by atoms with van der Waals surface area (Å²) >= 11 is 0. The van der Waals surface area contributed by atoms with Crippen molar-refractivity contribution in [2.75, 3.05) is 11.1 Å². The summed E-state index contributed by atoms with van der Waals surface area (Å²) in [5, 5.41) is 5.58. The maximum atomic E-state index is 11.5. The molecule has 0 radical (unpaired) electrons. The highest BCUT2D eigenvalue weighted by Crippen LogP contribution is 2.07. The minimum atomic E-state index is -3.27. The summed E-state index contributed by atoms with van der Waals surface area (Å²) in [6, 6.07) is -1.39. The summed E-state index contributed by atoms with van der Waals surface area (Å²) in [5.41, 5.74) is -1.60. The van der Waals surface area contributed by atoms with Crippen molar-refractivity contribution in [3.63, 3.8) is 0 Å². The highest BCUT2D eigenvalue weighted by molar-refractivity contribution is 7.94. The van der Waals surface area contributed by atoms with Gasteiger partial charge >= 0.3 is 11.7 Å². The number of anilines is 1. The number of carbonyl (C=O) groups excluding carboxylic acids is 1. The van der Waals surface area contributed by atoms with E-state index in [1.54, 1.807) is 0 Å². The molecule has 2 rings (SSSR count). The van der Waals surface area contributed by atoms with Crippen LogP contribution in [0, 0.1) is 0 Å². The van der Waals surface area contributed by atoms with E-state index in [-0.39, 0.29) is 11.4 Å². The van der Waals surface area contributed by atoms with E-state index in [9.17, 15) is 22.8 Å². The number of hydrogen-bond acceptors (Lipinski definition) is 5. The lowest BCUT2D eigenvalue weighted by molar-refractivity contribution is 0.251. The van der Waals surface area contributed by atoms with Crippen LogP contribution in [0.15, 0.2) is 27.3 Å². The smallest absolute Gasteiger partial charge is 0.325 e. The second-order valence-electron chi connectivity index (χ2n) is 3.85. The van der Waals surface area contributed by atoms with Gasteiger partial charge in [0.15, 0.2) is 9.84 Å². The second-order valence-corrected chi connectivity index (χ2v) is 5.78. The lowest BCUT2D eigenvalue weighted by atomic mass is 10.3. The van der Waals surface area contributed by atoms with Crippen molar-refractivity contribution in [2.24, 2.45) is 0 Å². The number of sulfone groups is 1. The fourth-order valence-corrected chi connectivity index (χ4v) is 2.73. The maximum Gasteiger partial charge on any atom is 0.325 e. The lowest BCUT2D eigenvalue weighted by Crippen LogP contribution is -2.40. The standard InChI is InChI=1S/C9H10N4O5S/c14-7-6(3-10-8(15)13-7)12-9(16)11-5-1-2-19(17,18)4-5/h1-3,5H,4H2,(H2,11,12,16)(H2,10,13,14,15)/t5-/m1/s1. The van der Waals surface area contributed by atoms with E-state index in [1.165, 1.54) is 6.08 Å². The Hall–Kier alpha value is -2.36. The highest BCUT2D eigenvalue weighted by Gasteiger charge is 2.23. The van der Waals surface area contributed by atoms with Gasteiger partial charge in [0, 0.05) is 11.6 Å². The third-order valence-corrected chi connectivity index (χ3v) is 3.71. The predicted molar refractivity (Wildman–Crippen MR) is 66.6 cm³/mol. The van der Waals surface area contributed by atoms with Crippen LogP contribution in [0.25, 0.3) is 0 Å². The summed E-state index contributed by atoms with van der Waals surface area (Å²) in [6.07, 6.45) is 2.38. The first kappa shape index (κ1) is 13.1. The van der Waals surface area contributed by atoms with E-state index in [4.69, 9.17) is 0 Å². The van der Waals surface area contributed by atoms with Gasteiger partial charge in [0.25, 0.3) is 5.56 Å². The summed E-state index contributed by atoms with van der Waals surface area (Å²) in [6.45, 7) is 0. The zero-order valence-corrected chi connectivity index (χ0v) is 10.3. The second kappa shape index (κ2) is 4.72. The fourth-order valence-electron chi connectivity index (χ4n) is 1.50. The number of urea groups is 1. The number of hydrogen-bond donors (Lipinski definition) is 4. The summed E-state index contributed by atoms with van der Waals surface area (Å²) < 4.78 is 22.2. The van der Waals surface area contributed by atoms with Crippen molar-refractivity contribution < 1.29 is 13.2 Å². The number of H-pyrrole nitrogens is 2. The van der Waals surface area contributed by atoms with Crippen molar-refractivity contribution in [1.82, 2.24) is 15.3 Å². The van der Waals surface area contributed by atoms with Crippen LogP contribution in [0.2, 0.25) is 0 Å². The molecule has 10 heteroatoms. The van der Waals surface area contributed by atoms with Crippen molar-refractivity contribution in [3.8, 4) is 0 Å². The van der Waals surface area contributed by atoms with E-state index in [0.29, 0.717) is 0 Å². The number of amides is 2. The molecule has 1 aromatic heterocycles. The molecule has 4 N–H and O–H groups in total. The SMILES string of the molecule is O=C(Nc1c[nH]c(=O)[nH]c1=O)N[C@@H]1C=CS(=O)(=O)C1. The normalized spacial score (nSPS) is 20.1. The van der Waals surface area contributed by atoms with Crippen LogP contribution in [0.3, 0.4) is 0 Å². The number of carbonyl (C=O) groups is 1. The number of aromatic amines is 2. The van der Waals surface area contributed by atoms with Crippen molar-refractivity contribution in [3.05, 3.63) is 38.5 Å². The molecule has 0 unspecified atom stereocenters. The van der Waals surface area contributed by atoms with Gasteiger partial charge in [-0.25, -0.2) is 18.0 Å². The van der Waals surface area contributed by atoms with Gasteiger partial charge in [0.2, 0.25) is 0 Å². The molecule has 0 bridgehead atoms. The molecule has 0 saturated heterocycles. The van der Waals surface area contributed by atoms with Gasteiger partial charge in [-0.1, -0.05) is 0 Å². The van der Waals surface area contributed by atoms with Gasteiger partial charge in [0.1, 0.15) is 5.69 Å². The average Bonchev–Trinajstić information content (AvgIpc) is 2.62. The molecule has 1 atom stereocenters. The first-order chi connectivity index (χ1) is 8.85. The largest absolute Gasteiger partial charge is 0.331 e. The summed E-state index contributed by atoms with van der Waals surface area (Å²) in [5.74, 6) is -0.220. The van der Waals surface area contributed by atoms with Gasteiger partial charge in [-0.15, -0.1) is 0 Å². The van der Waals surface area contributed by atoms with E-state index in [1.807, 2.05) is 4.98 Å². The molecule has 1 aliphatic rings. The quantitative estimate of drug-likeness (QED) is 0.523. The van der Waals surface area contributed by atoms with Gasteiger partial charge < -0.3 is 15.6 Å². The Morgan fingerprint density at radius 1 is 1.37 bits per heavy atom. The van der Waals surface area contributed by atoms with E-state index in [0.717, 1.165) is 11.6 Å². The van der Waals surface area contributed by atoms with Crippen LogP contribution in [-0.2, 0) is 9.84 Å². The zero-order valence-electron chi connectivity index (χ0n) is 9.47. The van der Waals surface area contributed by atoms with E-state index in [2.05, 4.69) is 15.6 Å². The molecular formula is C9H10N4O5S. The molecule has 0 spiro atoms. The van der Waals surface area contributed by atoms with Gasteiger partial charge in [0.05, 0.1) is 11.8 Å². The van der Waals surface area contributed by atoms with Gasteiger partial charge in [-0.3, -0.25) is 9.78 Å². The lowest BCUT2D eigenvalue weighted by Gasteiger charge is -2.10. The average molecular weight is 286 g/mol. The van der Waals surface area contributed by atoms with E-state index >= 15 is 0 Å². The molecule has 2 amide bonds. The fraction of sp³-hybridized carbons (Fsp3) is 0.222. The Labute approximate surface area is 106 Å². The monoisotopic (exact) mass is 286 g/mol. The third kappa shape index (κ3) is 3.31. The molecule has 0 aromatic carbocycles. The Kier molecular flexibility index (Phi) is 3.25. The Morgan fingerprint density at radius 2 is 2.11 bits per heavy atom. The Bertz CT molecular complexity index is 744. The molecule has 0 aliphatic carbocycles. The minimum absolute atomic E-state index is 0.151. The van der Waals surface area contributed by atoms with Gasteiger partial charge in [-0.2, -0.15) is 0 Å².